The van der Waals surface area contributed by atoms with Crippen LogP contribution in [-0.4, -0.2) is 50.7 Å². The molecule has 0 saturated carbocycles. The van der Waals surface area contributed by atoms with Crippen LogP contribution in [0.1, 0.15) is 22.8 Å². The van der Waals surface area contributed by atoms with Crippen molar-refractivity contribution in [2.75, 3.05) is 33.9 Å². The van der Waals surface area contributed by atoms with Crippen LogP contribution in [0.15, 0.2) is 42.5 Å². The third-order valence-electron chi connectivity index (χ3n) is 4.70. The lowest BCUT2D eigenvalue weighted by atomic mass is 10.1. The lowest BCUT2D eigenvalue weighted by Gasteiger charge is -2.34. The van der Waals surface area contributed by atoms with Gasteiger partial charge in [0.25, 0.3) is 5.91 Å². The standard InChI is InChI=1S/C21H26N2O4/c1-15-13-22-9-10-23(15)21(24)17-11-18(25-2)20(19(12-17)26-3)27-14-16-7-5-4-6-8-16/h4-8,11-12,15,22H,9-10,13-14H2,1-3H3/t15-/m0/s1. The molecule has 0 spiro atoms. The van der Waals surface area contributed by atoms with E-state index in [1.165, 1.54) is 0 Å². The van der Waals surface area contributed by atoms with Crippen molar-refractivity contribution in [3.8, 4) is 17.2 Å². The fraction of sp³-hybridized carbons (Fsp3) is 0.381. The molecular weight excluding hydrogens is 344 g/mol. The van der Waals surface area contributed by atoms with E-state index in [2.05, 4.69) is 5.32 Å². The van der Waals surface area contributed by atoms with Crippen LogP contribution in [0.5, 0.6) is 17.2 Å². The highest BCUT2D eigenvalue weighted by molar-refractivity contribution is 5.96. The summed E-state index contributed by atoms with van der Waals surface area (Å²) in [5.74, 6) is 1.43. The Morgan fingerprint density at radius 3 is 2.41 bits per heavy atom. The molecule has 1 fully saturated rings. The maximum atomic E-state index is 13.0. The Hall–Kier alpha value is -2.73. The third kappa shape index (κ3) is 4.34. The number of hydrogen-bond acceptors (Lipinski definition) is 5. The molecule has 1 aliphatic heterocycles. The first-order valence-electron chi connectivity index (χ1n) is 9.08. The van der Waals surface area contributed by atoms with E-state index in [1.54, 1.807) is 26.4 Å². The van der Waals surface area contributed by atoms with Crippen LogP contribution in [0.2, 0.25) is 0 Å². The van der Waals surface area contributed by atoms with Crippen LogP contribution in [0.4, 0.5) is 0 Å². The van der Waals surface area contributed by atoms with E-state index in [4.69, 9.17) is 14.2 Å². The predicted molar refractivity (Wildman–Crippen MR) is 104 cm³/mol. The van der Waals surface area contributed by atoms with E-state index in [1.807, 2.05) is 42.2 Å². The van der Waals surface area contributed by atoms with Crippen LogP contribution in [-0.2, 0) is 6.61 Å². The molecule has 0 bridgehead atoms. The number of carbonyl (C=O) groups is 1. The average Bonchev–Trinajstić information content (AvgIpc) is 2.72. The monoisotopic (exact) mass is 370 g/mol. The van der Waals surface area contributed by atoms with Crippen molar-refractivity contribution in [1.29, 1.82) is 0 Å². The molecule has 0 aliphatic carbocycles. The summed E-state index contributed by atoms with van der Waals surface area (Å²) in [6.45, 7) is 4.68. The minimum absolute atomic E-state index is 0.0322. The summed E-state index contributed by atoms with van der Waals surface area (Å²) >= 11 is 0. The molecule has 1 N–H and O–H groups in total. The molecule has 6 heteroatoms. The quantitative estimate of drug-likeness (QED) is 0.847. The van der Waals surface area contributed by atoms with Gasteiger partial charge in [-0.15, -0.1) is 0 Å². The minimum Gasteiger partial charge on any atom is -0.493 e. The second-order valence-electron chi connectivity index (χ2n) is 6.54. The van der Waals surface area contributed by atoms with Gasteiger partial charge in [-0.2, -0.15) is 0 Å². The topological polar surface area (TPSA) is 60.0 Å². The van der Waals surface area contributed by atoms with E-state index >= 15 is 0 Å². The van der Waals surface area contributed by atoms with Crippen molar-refractivity contribution < 1.29 is 19.0 Å². The van der Waals surface area contributed by atoms with Crippen molar-refractivity contribution in [2.24, 2.45) is 0 Å². The summed E-state index contributed by atoms with van der Waals surface area (Å²) in [6, 6.07) is 13.4. The molecule has 27 heavy (non-hydrogen) atoms. The smallest absolute Gasteiger partial charge is 0.254 e. The van der Waals surface area contributed by atoms with Gasteiger partial charge in [-0.25, -0.2) is 0 Å². The van der Waals surface area contributed by atoms with Gasteiger partial charge in [0.2, 0.25) is 5.75 Å². The summed E-state index contributed by atoms with van der Waals surface area (Å²) in [5, 5.41) is 3.29. The summed E-state index contributed by atoms with van der Waals surface area (Å²) in [6.07, 6.45) is 0. The van der Waals surface area contributed by atoms with Crippen molar-refractivity contribution in [2.45, 2.75) is 19.6 Å². The Balaban J connectivity index is 1.86. The molecule has 0 aromatic heterocycles. The van der Waals surface area contributed by atoms with Gasteiger partial charge in [0.1, 0.15) is 6.61 Å². The zero-order valence-corrected chi connectivity index (χ0v) is 16.0. The van der Waals surface area contributed by atoms with Gasteiger partial charge in [0.15, 0.2) is 11.5 Å². The zero-order valence-electron chi connectivity index (χ0n) is 16.0. The summed E-state index contributed by atoms with van der Waals surface area (Å²) in [5.41, 5.74) is 1.57. The second-order valence-corrected chi connectivity index (χ2v) is 6.54. The number of hydrogen-bond donors (Lipinski definition) is 1. The third-order valence-corrected chi connectivity index (χ3v) is 4.70. The number of rotatable bonds is 6. The highest BCUT2D eigenvalue weighted by Crippen LogP contribution is 2.39. The van der Waals surface area contributed by atoms with Crippen LogP contribution in [0.25, 0.3) is 0 Å². The highest BCUT2D eigenvalue weighted by atomic mass is 16.5. The number of nitrogens with zero attached hydrogens (tertiary/aromatic N) is 1. The molecule has 3 rings (SSSR count). The van der Waals surface area contributed by atoms with Crippen LogP contribution < -0.4 is 19.5 Å². The lowest BCUT2D eigenvalue weighted by Crippen LogP contribution is -2.52. The molecule has 1 saturated heterocycles. The SMILES string of the molecule is COc1cc(C(=O)N2CCNC[C@@H]2C)cc(OC)c1OCc1ccccc1. The molecule has 2 aromatic carbocycles. The summed E-state index contributed by atoms with van der Waals surface area (Å²) < 4.78 is 16.9. The van der Waals surface area contributed by atoms with Gasteiger partial charge in [-0.3, -0.25) is 4.79 Å². The Bertz CT molecular complexity index is 754. The first-order chi connectivity index (χ1) is 13.1. The first kappa shape index (κ1) is 19.0. The zero-order chi connectivity index (χ0) is 19.2. The molecule has 2 aromatic rings. The highest BCUT2D eigenvalue weighted by Gasteiger charge is 2.26. The first-order valence-corrected chi connectivity index (χ1v) is 9.08. The second kappa shape index (κ2) is 8.77. The van der Waals surface area contributed by atoms with Crippen LogP contribution in [0.3, 0.4) is 0 Å². The van der Waals surface area contributed by atoms with Crippen LogP contribution in [0, 0.1) is 0 Å². The van der Waals surface area contributed by atoms with Gasteiger partial charge in [-0.05, 0) is 24.6 Å². The van der Waals surface area contributed by atoms with Gasteiger partial charge < -0.3 is 24.4 Å². The number of piperazine rings is 1. The maximum absolute atomic E-state index is 13.0. The van der Waals surface area contributed by atoms with Crippen molar-refractivity contribution in [3.05, 3.63) is 53.6 Å². The van der Waals surface area contributed by atoms with Gasteiger partial charge in [0, 0.05) is 31.2 Å². The number of carbonyl (C=O) groups excluding carboxylic acids is 1. The normalized spacial score (nSPS) is 16.7. The fourth-order valence-electron chi connectivity index (χ4n) is 3.18. The Morgan fingerprint density at radius 2 is 1.81 bits per heavy atom. The van der Waals surface area contributed by atoms with Gasteiger partial charge >= 0.3 is 0 Å². The molecule has 1 heterocycles. The largest absolute Gasteiger partial charge is 0.493 e. The van der Waals surface area contributed by atoms with Crippen molar-refractivity contribution >= 4 is 5.91 Å². The Morgan fingerprint density at radius 1 is 1.15 bits per heavy atom. The predicted octanol–water partition coefficient (Wildman–Crippen LogP) is 2.72. The summed E-state index contributed by atoms with van der Waals surface area (Å²) in [4.78, 5) is 14.9. The van der Waals surface area contributed by atoms with Gasteiger partial charge in [-0.1, -0.05) is 30.3 Å². The van der Waals surface area contributed by atoms with E-state index in [9.17, 15) is 4.79 Å². The molecule has 1 amide bonds. The number of methoxy groups -OCH3 is 2. The van der Waals surface area contributed by atoms with Crippen LogP contribution >= 0.6 is 0 Å². The van der Waals surface area contributed by atoms with E-state index < -0.39 is 0 Å². The Kier molecular flexibility index (Phi) is 6.19. The minimum atomic E-state index is -0.0322. The van der Waals surface area contributed by atoms with Gasteiger partial charge in [0.05, 0.1) is 14.2 Å². The molecule has 1 aliphatic rings. The van der Waals surface area contributed by atoms with E-state index in [-0.39, 0.29) is 11.9 Å². The molecule has 1 atom stereocenters. The Labute approximate surface area is 160 Å². The lowest BCUT2D eigenvalue weighted by molar-refractivity contribution is 0.0655. The number of ether oxygens (including phenoxy) is 3. The summed E-state index contributed by atoms with van der Waals surface area (Å²) in [7, 11) is 3.12. The fourth-order valence-corrected chi connectivity index (χ4v) is 3.18. The van der Waals surface area contributed by atoms with Crippen molar-refractivity contribution in [3.63, 3.8) is 0 Å². The molecule has 6 nitrogen and oxygen atoms in total. The maximum Gasteiger partial charge on any atom is 0.254 e. The number of benzene rings is 2. The van der Waals surface area contributed by atoms with Crippen molar-refractivity contribution in [1.82, 2.24) is 10.2 Å². The number of amides is 1. The molecule has 0 radical (unpaired) electrons. The average molecular weight is 370 g/mol. The van der Waals surface area contributed by atoms with E-state index in [0.717, 1.165) is 18.7 Å². The molecule has 144 valence electrons. The molecule has 0 unspecified atom stereocenters. The van der Waals surface area contributed by atoms with E-state index in [0.29, 0.717) is 36.0 Å². The molecular formula is C21H26N2O4. The number of nitrogens with one attached hydrogen (secondary N) is 1.